The molecule has 19 heavy (non-hydrogen) atoms. The normalized spacial score (nSPS) is 11.1. The molecule has 0 aliphatic carbocycles. The summed E-state index contributed by atoms with van der Waals surface area (Å²) in [6.45, 7) is 5.64. The average Bonchev–Trinajstić information content (AvgIpc) is 3.09. The summed E-state index contributed by atoms with van der Waals surface area (Å²) < 4.78 is 4.97. The van der Waals surface area contributed by atoms with Crippen molar-refractivity contribution in [3.05, 3.63) is 54.0 Å². The SMILES string of the molecule is C=C/C(=C\C)c1csc(NNC(=O)c2ccco2)n1. The van der Waals surface area contributed by atoms with Gasteiger partial charge in [0, 0.05) is 5.38 Å². The Morgan fingerprint density at radius 2 is 2.42 bits per heavy atom. The molecule has 0 aromatic carbocycles. The predicted octanol–water partition coefficient (Wildman–Crippen LogP) is 3.08. The minimum Gasteiger partial charge on any atom is -0.459 e. The summed E-state index contributed by atoms with van der Waals surface area (Å²) in [6.07, 6.45) is 5.10. The number of anilines is 1. The van der Waals surface area contributed by atoms with E-state index in [1.165, 1.54) is 17.6 Å². The zero-order valence-corrected chi connectivity index (χ0v) is 11.2. The molecule has 6 heteroatoms. The third-order valence-corrected chi connectivity index (χ3v) is 3.12. The molecule has 0 spiro atoms. The van der Waals surface area contributed by atoms with Gasteiger partial charge in [-0.3, -0.25) is 15.6 Å². The van der Waals surface area contributed by atoms with Crippen LogP contribution in [0.4, 0.5) is 5.13 Å². The summed E-state index contributed by atoms with van der Waals surface area (Å²) in [5.41, 5.74) is 7.01. The van der Waals surface area contributed by atoms with Crippen LogP contribution < -0.4 is 10.9 Å². The Kier molecular flexibility index (Phi) is 4.15. The van der Waals surface area contributed by atoms with E-state index in [-0.39, 0.29) is 11.7 Å². The molecule has 98 valence electrons. The van der Waals surface area contributed by atoms with Crippen LogP contribution in [0, 0.1) is 0 Å². The van der Waals surface area contributed by atoms with Gasteiger partial charge in [0.25, 0.3) is 0 Å². The third kappa shape index (κ3) is 3.11. The van der Waals surface area contributed by atoms with Crippen LogP contribution in [-0.2, 0) is 0 Å². The van der Waals surface area contributed by atoms with Crippen molar-refractivity contribution in [2.24, 2.45) is 0 Å². The fourth-order valence-electron chi connectivity index (χ4n) is 1.41. The number of furan rings is 1. The molecule has 0 fully saturated rings. The minimum atomic E-state index is -0.350. The largest absolute Gasteiger partial charge is 0.459 e. The average molecular weight is 275 g/mol. The lowest BCUT2D eigenvalue weighted by molar-refractivity contribution is 0.0935. The Morgan fingerprint density at radius 1 is 1.58 bits per heavy atom. The second-order valence-electron chi connectivity index (χ2n) is 3.54. The zero-order valence-electron chi connectivity index (χ0n) is 10.3. The van der Waals surface area contributed by atoms with Gasteiger partial charge in [0.1, 0.15) is 0 Å². The molecule has 0 bridgehead atoms. The predicted molar refractivity (Wildman–Crippen MR) is 75.8 cm³/mol. The summed E-state index contributed by atoms with van der Waals surface area (Å²) in [6, 6.07) is 3.23. The molecule has 2 N–H and O–H groups in total. The van der Waals surface area contributed by atoms with Gasteiger partial charge in [-0.15, -0.1) is 11.3 Å². The van der Waals surface area contributed by atoms with Gasteiger partial charge in [0.05, 0.1) is 12.0 Å². The van der Waals surface area contributed by atoms with Gasteiger partial charge in [0.2, 0.25) is 5.13 Å². The maximum atomic E-state index is 11.6. The zero-order chi connectivity index (χ0) is 13.7. The number of hydrogen-bond acceptors (Lipinski definition) is 5. The highest BCUT2D eigenvalue weighted by Gasteiger charge is 2.09. The Morgan fingerprint density at radius 3 is 3.05 bits per heavy atom. The molecule has 0 aliphatic rings. The number of allylic oxidation sites excluding steroid dienone is 3. The molecule has 0 unspecified atom stereocenters. The van der Waals surface area contributed by atoms with Gasteiger partial charge >= 0.3 is 5.91 Å². The Hall–Kier alpha value is -2.34. The van der Waals surface area contributed by atoms with E-state index < -0.39 is 0 Å². The fraction of sp³-hybridized carbons (Fsp3) is 0.0769. The first kappa shape index (κ1) is 13.1. The highest BCUT2D eigenvalue weighted by molar-refractivity contribution is 7.13. The molecule has 2 aromatic heterocycles. The van der Waals surface area contributed by atoms with Crippen molar-refractivity contribution >= 4 is 27.9 Å². The number of carbonyl (C=O) groups excluding carboxylic acids is 1. The molecule has 0 saturated carbocycles. The Bertz CT molecular complexity index is 599. The van der Waals surface area contributed by atoms with Gasteiger partial charge in [0.15, 0.2) is 5.76 Å². The van der Waals surface area contributed by atoms with Crippen LogP contribution in [-0.4, -0.2) is 10.9 Å². The number of hydrogen-bond donors (Lipinski definition) is 2. The van der Waals surface area contributed by atoms with E-state index in [1.807, 2.05) is 18.4 Å². The lowest BCUT2D eigenvalue weighted by Crippen LogP contribution is -2.28. The van der Waals surface area contributed by atoms with Gasteiger partial charge in [-0.1, -0.05) is 18.7 Å². The van der Waals surface area contributed by atoms with Crippen molar-refractivity contribution < 1.29 is 9.21 Å². The minimum absolute atomic E-state index is 0.240. The van der Waals surface area contributed by atoms with Crippen molar-refractivity contribution in [1.82, 2.24) is 10.4 Å². The number of amides is 1. The number of hydrazine groups is 1. The molecular weight excluding hydrogens is 262 g/mol. The molecule has 1 amide bonds. The summed E-state index contributed by atoms with van der Waals surface area (Å²) >= 11 is 1.39. The second kappa shape index (κ2) is 6.01. The maximum Gasteiger partial charge on any atom is 0.305 e. The van der Waals surface area contributed by atoms with Crippen LogP contribution in [0.15, 0.2) is 46.9 Å². The van der Waals surface area contributed by atoms with E-state index in [4.69, 9.17) is 4.42 Å². The van der Waals surface area contributed by atoms with E-state index in [0.717, 1.165) is 11.3 Å². The fourth-order valence-corrected chi connectivity index (χ4v) is 2.09. The van der Waals surface area contributed by atoms with Crippen LogP contribution >= 0.6 is 11.3 Å². The molecule has 0 atom stereocenters. The number of rotatable bonds is 5. The summed E-state index contributed by atoms with van der Waals surface area (Å²) in [5.74, 6) is -0.110. The van der Waals surface area contributed by atoms with E-state index in [0.29, 0.717) is 5.13 Å². The highest BCUT2D eigenvalue weighted by atomic mass is 32.1. The molecule has 2 rings (SSSR count). The molecule has 2 heterocycles. The summed E-state index contributed by atoms with van der Waals surface area (Å²) in [7, 11) is 0. The van der Waals surface area contributed by atoms with E-state index in [9.17, 15) is 4.79 Å². The van der Waals surface area contributed by atoms with E-state index in [2.05, 4.69) is 22.4 Å². The van der Waals surface area contributed by atoms with Crippen molar-refractivity contribution in [1.29, 1.82) is 0 Å². The maximum absolute atomic E-state index is 11.6. The first-order valence-electron chi connectivity index (χ1n) is 5.59. The highest BCUT2D eigenvalue weighted by Crippen LogP contribution is 2.21. The van der Waals surface area contributed by atoms with Crippen LogP contribution in [0.1, 0.15) is 23.2 Å². The summed E-state index contributed by atoms with van der Waals surface area (Å²) in [4.78, 5) is 15.9. The van der Waals surface area contributed by atoms with Crippen LogP contribution in [0.3, 0.4) is 0 Å². The van der Waals surface area contributed by atoms with Crippen molar-refractivity contribution in [3.63, 3.8) is 0 Å². The molecule has 0 saturated heterocycles. The van der Waals surface area contributed by atoms with Crippen molar-refractivity contribution in [2.75, 3.05) is 5.43 Å². The number of nitrogens with one attached hydrogen (secondary N) is 2. The lowest BCUT2D eigenvalue weighted by Gasteiger charge is -2.02. The van der Waals surface area contributed by atoms with Crippen molar-refractivity contribution in [2.45, 2.75) is 6.92 Å². The molecule has 2 aromatic rings. The Labute approximate surface area is 114 Å². The molecule has 0 radical (unpaired) electrons. The van der Waals surface area contributed by atoms with Crippen LogP contribution in [0.2, 0.25) is 0 Å². The van der Waals surface area contributed by atoms with Gasteiger partial charge in [-0.25, -0.2) is 4.98 Å². The summed E-state index contributed by atoms with van der Waals surface area (Å²) in [5, 5.41) is 2.48. The molecule has 0 aliphatic heterocycles. The number of aromatic nitrogens is 1. The second-order valence-corrected chi connectivity index (χ2v) is 4.40. The quantitative estimate of drug-likeness (QED) is 0.650. The van der Waals surface area contributed by atoms with E-state index in [1.54, 1.807) is 18.2 Å². The number of carbonyl (C=O) groups is 1. The number of nitrogens with zero attached hydrogens (tertiary/aromatic N) is 1. The van der Waals surface area contributed by atoms with Gasteiger partial charge in [-0.2, -0.15) is 0 Å². The van der Waals surface area contributed by atoms with Crippen LogP contribution in [0.5, 0.6) is 0 Å². The first-order valence-corrected chi connectivity index (χ1v) is 6.47. The van der Waals surface area contributed by atoms with E-state index >= 15 is 0 Å². The van der Waals surface area contributed by atoms with Crippen LogP contribution in [0.25, 0.3) is 5.57 Å². The monoisotopic (exact) mass is 275 g/mol. The standard InChI is InChI=1S/C13H13N3O2S/c1-3-9(4-2)10-8-19-13(14-10)16-15-12(17)11-6-5-7-18-11/h3-8H,1H2,2H3,(H,14,16)(H,15,17)/b9-4+. The topological polar surface area (TPSA) is 67.2 Å². The molecular formula is C13H13N3O2S. The van der Waals surface area contributed by atoms with Gasteiger partial charge in [-0.05, 0) is 24.6 Å². The number of thiazole rings is 1. The molecule has 5 nitrogen and oxygen atoms in total. The van der Waals surface area contributed by atoms with Crippen molar-refractivity contribution in [3.8, 4) is 0 Å². The third-order valence-electron chi connectivity index (χ3n) is 2.36. The van der Waals surface area contributed by atoms with Gasteiger partial charge < -0.3 is 4.42 Å². The Balaban J connectivity index is 1.97. The lowest BCUT2D eigenvalue weighted by atomic mass is 10.2. The smallest absolute Gasteiger partial charge is 0.305 e. The first-order chi connectivity index (χ1) is 9.24.